The molecule has 0 unspecified atom stereocenters. The van der Waals surface area contributed by atoms with Crippen molar-refractivity contribution in [1.82, 2.24) is 0 Å². The quantitative estimate of drug-likeness (QED) is 0.0905. The van der Waals surface area contributed by atoms with E-state index in [2.05, 4.69) is 180 Å². The van der Waals surface area contributed by atoms with Gasteiger partial charge in [-0.15, -0.1) is 0 Å². The molecule has 66 heavy (non-hydrogen) atoms. The van der Waals surface area contributed by atoms with Gasteiger partial charge in [-0.1, -0.05) is 109 Å². The van der Waals surface area contributed by atoms with Crippen LogP contribution < -0.4 is 19.3 Å². The average molecular weight is 855 g/mol. The molecule has 0 saturated carbocycles. The average Bonchev–Trinajstić information content (AvgIpc) is 3.37. The molecular weight excluding hydrogens is 809 g/mol. The number of nitrogens with zero attached hydrogens (tertiary/aromatic N) is 4. The van der Waals surface area contributed by atoms with Crippen LogP contribution in [-0.4, -0.2) is 14.2 Å². The van der Waals surface area contributed by atoms with Crippen LogP contribution in [0.5, 0.6) is 11.5 Å². The lowest BCUT2D eigenvalue weighted by Gasteiger charge is -2.27. The zero-order valence-electron chi connectivity index (χ0n) is 37.2. The van der Waals surface area contributed by atoms with E-state index >= 15 is 0 Å². The Kier molecular flexibility index (Phi) is 12.1. The van der Waals surface area contributed by atoms with Crippen LogP contribution in [0.1, 0.15) is 38.9 Å². The van der Waals surface area contributed by atoms with Crippen molar-refractivity contribution in [2.75, 3.05) is 24.0 Å². The van der Waals surface area contributed by atoms with Gasteiger partial charge in [0.25, 0.3) is 0 Å². The summed E-state index contributed by atoms with van der Waals surface area (Å²) in [5.41, 5.74) is 12.8. The molecule has 0 aliphatic rings. The summed E-state index contributed by atoms with van der Waals surface area (Å²) in [4.78, 5) is 8.39. The molecule has 0 radical (unpaired) electrons. The van der Waals surface area contributed by atoms with Crippen LogP contribution in [-0.2, 0) is 0 Å². The van der Waals surface area contributed by atoms with Gasteiger partial charge < -0.3 is 19.3 Å². The Balaban J connectivity index is 0.977. The summed E-state index contributed by atoms with van der Waals surface area (Å²) < 4.78 is 10.9. The Morgan fingerprint density at radius 2 is 0.864 bits per heavy atom. The van der Waals surface area contributed by atoms with E-state index < -0.39 is 0 Å². The normalized spacial score (nSPS) is 11.2. The summed E-state index contributed by atoms with van der Waals surface area (Å²) in [7, 11) is 3.35. The number of methoxy groups -OCH3 is 2. The molecule has 0 amide bonds. The number of hydrogen-bond donors (Lipinski definition) is 0. The van der Waals surface area contributed by atoms with Gasteiger partial charge in [-0.2, -0.15) is 5.26 Å². The third-order valence-electron chi connectivity index (χ3n) is 12.0. The second kappa shape index (κ2) is 18.9. The molecule has 0 N–H and O–H groups in total. The lowest BCUT2D eigenvalue weighted by molar-refractivity contribution is 0.414. The number of rotatable bonds is 12. The van der Waals surface area contributed by atoms with E-state index in [9.17, 15) is 5.26 Å². The molecule has 0 heterocycles. The van der Waals surface area contributed by atoms with E-state index in [1.165, 1.54) is 21.9 Å². The van der Waals surface area contributed by atoms with Crippen LogP contribution in [0.3, 0.4) is 0 Å². The minimum absolute atomic E-state index is 0.467. The molecule has 6 nitrogen and oxygen atoms in total. The standard InChI is InChI=1S/C60H46N4O2/c1-41-14-36-59(56-12-8-6-10-54(41)56)63(50-28-32-52(65-4)33-29-50)48-24-18-43(19-25-48)16-22-45-39-58(62-3)46(38-47(45)40-61)23-17-44-20-26-49(27-21-44)64(51-30-34-53(66-5)35-31-51)60-37-15-42(2)55-11-7-9-13-57(55)60/h6-39H,1-2,4-5H3. The number of hydrogen-bond acceptors (Lipinski definition) is 5. The SMILES string of the molecule is [C-]#[N+]c1cc(C=Cc2ccc(N(c3ccc(OC)cc3)c3ccc(C)c4ccccc34)cc2)c(C#N)cc1C=Cc1ccc(N(c2ccc(OC)cc2)c2ccc(C)c3ccccc23)cc1. The van der Waals surface area contributed by atoms with E-state index in [0.717, 1.165) is 67.5 Å². The van der Waals surface area contributed by atoms with Gasteiger partial charge in [0.05, 0.1) is 43.8 Å². The van der Waals surface area contributed by atoms with Crippen LogP contribution in [0.15, 0.2) is 182 Å². The van der Waals surface area contributed by atoms with Crippen molar-refractivity contribution < 1.29 is 9.47 Å². The molecule has 9 rings (SSSR count). The largest absolute Gasteiger partial charge is 0.497 e. The van der Waals surface area contributed by atoms with Gasteiger partial charge in [0.2, 0.25) is 0 Å². The fourth-order valence-corrected chi connectivity index (χ4v) is 8.50. The van der Waals surface area contributed by atoms with E-state index in [-0.39, 0.29) is 0 Å². The number of anilines is 6. The van der Waals surface area contributed by atoms with Crippen molar-refractivity contribution in [3.05, 3.63) is 232 Å². The Labute approximate surface area is 386 Å². The summed E-state index contributed by atoms with van der Waals surface area (Å²) in [5, 5.41) is 15.0. The maximum absolute atomic E-state index is 10.3. The molecule has 9 aromatic rings. The van der Waals surface area contributed by atoms with Gasteiger partial charge in [0.1, 0.15) is 11.5 Å². The highest BCUT2D eigenvalue weighted by Crippen LogP contribution is 2.42. The summed E-state index contributed by atoms with van der Waals surface area (Å²) >= 11 is 0. The van der Waals surface area contributed by atoms with Gasteiger partial charge in [-0.25, -0.2) is 4.85 Å². The minimum Gasteiger partial charge on any atom is -0.497 e. The fourth-order valence-electron chi connectivity index (χ4n) is 8.50. The summed E-state index contributed by atoms with van der Waals surface area (Å²) in [6.45, 7) is 12.4. The van der Waals surface area contributed by atoms with Crippen molar-refractivity contribution in [2.45, 2.75) is 13.8 Å². The number of aryl methyl sites for hydroxylation is 2. The smallest absolute Gasteiger partial charge is 0.194 e. The molecule has 0 aliphatic heterocycles. The predicted octanol–water partition coefficient (Wildman–Crippen LogP) is 16.3. The minimum atomic E-state index is 0.467. The molecule has 0 saturated heterocycles. The van der Waals surface area contributed by atoms with E-state index in [4.69, 9.17) is 16.0 Å². The van der Waals surface area contributed by atoms with Crippen LogP contribution in [0.25, 0.3) is 50.7 Å². The Bertz CT molecular complexity index is 3130. The molecule has 0 atom stereocenters. The van der Waals surface area contributed by atoms with Crippen LogP contribution >= 0.6 is 0 Å². The van der Waals surface area contributed by atoms with Crippen LogP contribution in [0.4, 0.5) is 39.8 Å². The van der Waals surface area contributed by atoms with E-state index in [1.54, 1.807) is 26.4 Å². The topological polar surface area (TPSA) is 53.1 Å². The Morgan fingerprint density at radius 3 is 1.26 bits per heavy atom. The third-order valence-corrected chi connectivity index (χ3v) is 12.0. The first-order valence-electron chi connectivity index (χ1n) is 21.7. The number of benzene rings is 9. The third kappa shape index (κ3) is 8.60. The molecule has 9 aromatic carbocycles. The second-order valence-electron chi connectivity index (χ2n) is 16.0. The zero-order valence-corrected chi connectivity index (χ0v) is 37.2. The fraction of sp³-hybridized carbons (Fsp3) is 0.0667. The number of ether oxygens (including phenoxy) is 2. The van der Waals surface area contributed by atoms with Gasteiger partial charge >= 0.3 is 0 Å². The molecule has 0 fully saturated rings. The summed E-state index contributed by atoms with van der Waals surface area (Å²) in [6.07, 6.45) is 7.79. The lowest BCUT2D eigenvalue weighted by atomic mass is 10.00. The van der Waals surface area contributed by atoms with Crippen LogP contribution in [0.2, 0.25) is 0 Å². The molecule has 0 spiro atoms. The van der Waals surface area contributed by atoms with E-state index in [0.29, 0.717) is 22.4 Å². The van der Waals surface area contributed by atoms with Crippen molar-refractivity contribution in [3.63, 3.8) is 0 Å². The maximum Gasteiger partial charge on any atom is 0.194 e. The van der Waals surface area contributed by atoms with Crippen molar-refractivity contribution in [1.29, 1.82) is 5.26 Å². The van der Waals surface area contributed by atoms with Gasteiger partial charge in [0.15, 0.2) is 5.69 Å². The van der Waals surface area contributed by atoms with Crippen molar-refractivity contribution in [2.24, 2.45) is 0 Å². The molecule has 0 bridgehead atoms. The van der Waals surface area contributed by atoms with Crippen molar-refractivity contribution in [3.8, 4) is 17.6 Å². The molecule has 318 valence electrons. The molecular formula is C60H46N4O2. The monoisotopic (exact) mass is 854 g/mol. The van der Waals surface area contributed by atoms with Gasteiger partial charge in [-0.3, -0.25) is 0 Å². The first-order valence-corrected chi connectivity index (χ1v) is 21.7. The lowest BCUT2D eigenvalue weighted by Crippen LogP contribution is -2.10. The van der Waals surface area contributed by atoms with E-state index in [1.807, 2.05) is 48.6 Å². The predicted molar refractivity (Wildman–Crippen MR) is 275 cm³/mol. The number of fused-ring (bicyclic) bond motifs is 2. The first-order chi connectivity index (χ1) is 32.3. The Hall–Kier alpha value is -8.84. The van der Waals surface area contributed by atoms with Crippen molar-refractivity contribution >= 4 is 85.7 Å². The number of nitriles is 1. The maximum atomic E-state index is 10.3. The summed E-state index contributed by atoms with van der Waals surface area (Å²) in [6, 6.07) is 64.5. The molecule has 6 heteroatoms. The van der Waals surface area contributed by atoms with Crippen LogP contribution in [0, 0.1) is 31.8 Å². The zero-order chi connectivity index (χ0) is 45.6. The highest BCUT2D eigenvalue weighted by Gasteiger charge is 2.18. The first kappa shape index (κ1) is 42.5. The summed E-state index contributed by atoms with van der Waals surface area (Å²) in [5.74, 6) is 1.59. The van der Waals surface area contributed by atoms with Gasteiger partial charge in [0, 0.05) is 33.5 Å². The highest BCUT2D eigenvalue weighted by molar-refractivity contribution is 6.02. The molecule has 0 aromatic heterocycles. The highest BCUT2D eigenvalue weighted by atomic mass is 16.5. The Morgan fingerprint density at radius 1 is 0.470 bits per heavy atom. The van der Waals surface area contributed by atoms with Gasteiger partial charge in [-0.05, 0) is 155 Å². The molecule has 0 aliphatic carbocycles. The second-order valence-corrected chi connectivity index (χ2v) is 16.0.